The summed E-state index contributed by atoms with van der Waals surface area (Å²) in [5.41, 5.74) is -5.10. The second-order valence-electron chi connectivity index (χ2n) is 2.97. The summed E-state index contributed by atoms with van der Waals surface area (Å²) in [4.78, 5) is 9.31. The zero-order valence-corrected chi connectivity index (χ0v) is 8.68. The number of carbonyl (C=O) groups excluding carboxylic acids is 1. The molecule has 16 heavy (non-hydrogen) atoms. The third-order valence-electron chi connectivity index (χ3n) is 1.83. The third kappa shape index (κ3) is 2.41. The number of halogens is 3. The van der Waals surface area contributed by atoms with E-state index in [-0.39, 0.29) is 12.0 Å². The molecule has 0 spiro atoms. The second-order valence-corrected chi connectivity index (χ2v) is 4.91. The van der Waals surface area contributed by atoms with Gasteiger partial charge >= 0.3 is 5.51 Å². The summed E-state index contributed by atoms with van der Waals surface area (Å²) in [6.07, 6.45) is 0.362. The van der Waals surface area contributed by atoms with Crippen molar-refractivity contribution in [2.75, 3.05) is 0 Å². The van der Waals surface area contributed by atoms with E-state index < -0.39 is 20.2 Å². The van der Waals surface area contributed by atoms with Crippen molar-refractivity contribution in [2.24, 2.45) is 0 Å². The van der Waals surface area contributed by atoms with Gasteiger partial charge in [0.25, 0.3) is 9.84 Å². The number of sulfone groups is 1. The van der Waals surface area contributed by atoms with Gasteiger partial charge in [0.1, 0.15) is 6.29 Å². The fourth-order valence-electron chi connectivity index (χ4n) is 1.07. The fourth-order valence-corrected chi connectivity index (χ4v) is 1.90. The van der Waals surface area contributed by atoms with Crippen LogP contribution in [0.1, 0.15) is 5.56 Å². The highest BCUT2D eigenvalue weighted by molar-refractivity contribution is 7.92. The topological polar surface area (TPSA) is 51.2 Å². The Bertz CT molecular complexity index is 491. The number of aldehydes is 1. The molecule has 1 rings (SSSR count). The molecule has 1 aromatic carbocycles. The Kier molecular flexibility index (Phi) is 3.37. The quantitative estimate of drug-likeness (QED) is 0.770. The highest BCUT2D eigenvalue weighted by Crippen LogP contribution is 2.30. The fraction of sp³-hybridized carbons (Fsp3) is 0.222. The molecule has 0 atom stereocenters. The first-order chi connectivity index (χ1) is 7.29. The lowest BCUT2D eigenvalue weighted by Crippen LogP contribution is -2.23. The van der Waals surface area contributed by atoms with E-state index in [9.17, 15) is 26.4 Å². The summed E-state index contributed by atoms with van der Waals surface area (Å²) in [5.74, 6) is 0. The molecule has 0 heterocycles. The molecule has 0 amide bonds. The van der Waals surface area contributed by atoms with E-state index in [0.717, 1.165) is 18.2 Å². The van der Waals surface area contributed by atoms with Gasteiger partial charge in [0, 0.05) is 6.42 Å². The molecule has 0 radical (unpaired) electrons. The maximum absolute atomic E-state index is 12.2. The van der Waals surface area contributed by atoms with Crippen molar-refractivity contribution in [2.45, 2.75) is 16.8 Å². The van der Waals surface area contributed by atoms with E-state index in [4.69, 9.17) is 0 Å². The van der Waals surface area contributed by atoms with Crippen molar-refractivity contribution in [3.05, 3.63) is 29.8 Å². The van der Waals surface area contributed by atoms with E-state index in [2.05, 4.69) is 0 Å². The Hall–Kier alpha value is -1.37. The van der Waals surface area contributed by atoms with Crippen molar-refractivity contribution in [1.82, 2.24) is 0 Å². The molecule has 7 heteroatoms. The minimum Gasteiger partial charge on any atom is -0.303 e. The average molecular weight is 252 g/mol. The normalized spacial score (nSPS) is 12.4. The van der Waals surface area contributed by atoms with Crippen LogP contribution in [-0.4, -0.2) is 20.2 Å². The molecule has 0 aliphatic carbocycles. The van der Waals surface area contributed by atoms with Gasteiger partial charge in [-0.1, -0.05) is 12.1 Å². The van der Waals surface area contributed by atoms with Gasteiger partial charge in [-0.2, -0.15) is 13.2 Å². The summed E-state index contributed by atoms with van der Waals surface area (Å²) >= 11 is 0. The van der Waals surface area contributed by atoms with Gasteiger partial charge in [0.2, 0.25) is 0 Å². The van der Waals surface area contributed by atoms with Crippen LogP contribution in [0.3, 0.4) is 0 Å². The molecule has 0 aliphatic heterocycles. The summed E-state index contributed by atoms with van der Waals surface area (Å²) in [7, 11) is -5.33. The van der Waals surface area contributed by atoms with Crippen LogP contribution in [0.25, 0.3) is 0 Å². The first kappa shape index (κ1) is 12.7. The smallest absolute Gasteiger partial charge is 0.303 e. The van der Waals surface area contributed by atoms with E-state index in [1.807, 2.05) is 0 Å². The Labute approximate surface area is 89.8 Å². The molecule has 0 aliphatic rings. The molecule has 0 bridgehead atoms. The number of rotatable bonds is 3. The number of benzene rings is 1. The minimum absolute atomic E-state index is 0.124. The molecule has 0 N–H and O–H groups in total. The van der Waals surface area contributed by atoms with Crippen LogP contribution >= 0.6 is 0 Å². The number of alkyl halides is 3. The Balaban J connectivity index is 3.24. The lowest BCUT2D eigenvalue weighted by Gasteiger charge is -2.08. The molecule has 0 saturated carbocycles. The van der Waals surface area contributed by atoms with Gasteiger partial charge in [-0.3, -0.25) is 0 Å². The van der Waals surface area contributed by atoms with Gasteiger partial charge in [0.15, 0.2) is 0 Å². The largest absolute Gasteiger partial charge is 0.501 e. The molecular weight excluding hydrogens is 245 g/mol. The molecular formula is C9H7F3O3S. The summed E-state index contributed by atoms with van der Waals surface area (Å²) < 4.78 is 58.5. The molecule has 0 fully saturated rings. The standard InChI is InChI=1S/C9H7F3O3S/c10-9(11,12)16(14,15)8-3-1-2-7(6-8)4-5-13/h1-3,5-6H,4H2. The third-order valence-corrected chi connectivity index (χ3v) is 3.32. The van der Waals surface area contributed by atoms with Crippen molar-refractivity contribution in [3.63, 3.8) is 0 Å². The number of hydrogen-bond acceptors (Lipinski definition) is 3. The lowest BCUT2D eigenvalue weighted by molar-refractivity contribution is -0.107. The van der Waals surface area contributed by atoms with Gasteiger partial charge in [-0.15, -0.1) is 0 Å². The second kappa shape index (κ2) is 4.25. The van der Waals surface area contributed by atoms with E-state index in [0.29, 0.717) is 6.29 Å². The van der Waals surface area contributed by atoms with E-state index >= 15 is 0 Å². The maximum Gasteiger partial charge on any atom is 0.501 e. The minimum atomic E-state index is -5.33. The molecule has 0 unspecified atom stereocenters. The predicted molar refractivity (Wildman–Crippen MR) is 49.5 cm³/mol. The zero-order valence-electron chi connectivity index (χ0n) is 7.86. The van der Waals surface area contributed by atoms with Crippen LogP contribution in [0.4, 0.5) is 13.2 Å². The van der Waals surface area contributed by atoms with E-state index in [1.165, 1.54) is 6.07 Å². The monoisotopic (exact) mass is 252 g/mol. The van der Waals surface area contributed by atoms with Gasteiger partial charge in [-0.05, 0) is 17.7 Å². The summed E-state index contributed by atoms with van der Waals surface area (Å²) in [5, 5.41) is 0. The van der Waals surface area contributed by atoms with E-state index in [1.54, 1.807) is 0 Å². The zero-order chi connectivity index (χ0) is 12.4. The van der Waals surface area contributed by atoms with Gasteiger partial charge in [0.05, 0.1) is 4.90 Å². The van der Waals surface area contributed by atoms with Crippen LogP contribution in [0.5, 0.6) is 0 Å². The first-order valence-corrected chi connectivity index (χ1v) is 5.61. The van der Waals surface area contributed by atoms with Crippen molar-refractivity contribution in [3.8, 4) is 0 Å². The van der Waals surface area contributed by atoms with Crippen LogP contribution in [-0.2, 0) is 21.1 Å². The van der Waals surface area contributed by atoms with Gasteiger partial charge in [-0.25, -0.2) is 8.42 Å². The van der Waals surface area contributed by atoms with Crippen LogP contribution in [0, 0.1) is 0 Å². The van der Waals surface area contributed by atoms with Crippen molar-refractivity contribution < 1.29 is 26.4 Å². The van der Waals surface area contributed by atoms with Crippen molar-refractivity contribution >= 4 is 16.1 Å². The Morgan fingerprint density at radius 2 is 1.88 bits per heavy atom. The maximum atomic E-state index is 12.2. The van der Waals surface area contributed by atoms with Crippen molar-refractivity contribution in [1.29, 1.82) is 0 Å². The molecule has 0 saturated heterocycles. The molecule has 88 valence electrons. The van der Waals surface area contributed by atoms with Crippen LogP contribution in [0.15, 0.2) is 29.2 Å². The summed E-state index contributed by atoms with van der Waals surface area (Å²) in [6, 6.07) is 4.23. The average Bonchev–Trinajstić information content (AvgIpc) is 2.17. The number of hydrogen-bond donors (Lipinski definition) is 0. The molecule has 3 nitrogen and oxygen atoms in total. The van der Waals surface area contributed by atoms with Crippen LogP contribution < -0.4 is 0 Å². The SMILES string of the molecule is O=CCc1cccc(S(=O)(=O)C(F)(F)F)c1. The number of carbonyl (C=O) groups is 1. The first-order valence-electron chi connectivity index (χ1n) is 4.13. The Morgan fingerprint density at radius 3 is 2.38 bits per heavy atom. The predicted octanol–water partition coefficient (Wildman–Crippen LogP) is 1.72. The summed E-state index contributed by atoms with van der Waals surface area (Å²) in [6.45, 7) is 0. The molecule has 1 aromatic rings. The molecule has 0 aromatic heterocycles. The Morgan fingerprint density at radius 1 is 1.25 bits per heavy atom. The lowest BCUT2D eigenvalue weighted by atomic mass is 10.2. The van der Waals surface area contributed by atoms with Gasteiger partial charge < -0.3 is 4.79 Å². The van der Waals surface area contributed by atoms with Crippen LogP contribution in [0.2, 0.25) is 0 Å². The highest BCUT2D eigenvalue weighted by atomic mass is 32.2. The highest BCUT2D eigenvalue weighted by Gasteiger charge is 2.46.